The summed E-state index contributed by atoms with van der Waals surface area (Å²) in [5.74, 6) is -15.8. The third-order valence-electron chi connectivity index (χ3n) is 4.44. The van der Waals surface area contributed by atoms with Gasteiger partial charge in [0.15, 0.2) is 0 Å². The van der Waals surface area contributed by atoms with Gasteiger partial charge < -0.3 is 4.74 Å². The molecule has 0 aliphatic heterocycles. The van der Waals surface area contributed by atoms with Crippen LogP contribution < -0.4 is 4.74 Å². The van der Waals surface area contributed by atoms with E-state index in [4.69, 9.17) is 4.74 Å². The van der Waals surface area contributed by atoms with Gasteiger partial charge in [-0.25, -0.2) is 8.42 Å². The number of esters is 1. The van der Waals surface area contributed by atoms with Gasteiger partial charge >= 0.3 is 39.4 Å². The van der Waals surface area contributed by atoms with E-state index in [9.17, 15) is 52.7 Å². The van der Waals surface area contributed by atoms with Crippen molar-refractivity contribution in [1.29, 1.82) is 0 Å². The number of alkyl halides is 9. The number of carbonyl (C=O) groups excluding carboxylic acids is 1. The molecule has 0 heterocycles. The molecule has 2 rings (SSSR count). The third kappa shape index (κ3) is 4.82. The molecule has 2 aromatic carbocycles. The summed E-state index contributed by atoms with van der Waals surface area (Å²) in [7, 11) is -10.7. The molecule has 0 aliphatic rings. The molecule has 0 radical (unpaired) electrons. The lowest BCUT2D eigenvalue weighted by molar-refractivity contribution is -0.382. The highest BCUT2D eigenvalue weighted by Gasteiger charge is 2.86. The summed E-state index contributed by atoms with van der Waals surface area (Å²) < 4.78 is 152. The second-order valence-corrected chi connectivity index (χ2v) is 12.0. The van der Waals surface area contributed by atoms with Crippen molar-refractivity contribution >= 4 is 37.2 Å². The van der Waals surface area contributed by atoms with E-state index >= 15 is 0 Å². The van der Waals surface area contributed by atoms with Gasteiger partial charge in [-0.15, -0.1) is 0 Å². The van der Waals surface area contributed by atoms with Gasteiger partial charge in [0.25, 0.3) is 0 Å². The van der Waals surface area contributed by atoms with Crippen LogP contribution in [0, 0.1) is 0 Å². The summed E-state index contributed by atoms with van der Waals surface area (Å²) in [5, 5.41) is -6.87. The molecule has 0 bridgehead atoms. The molecular formula is C19H15F9O5S2. The largest absolute Gasteiger partial charge is 0.460 e. The van der Waals surface area contributed by atoms with Crippen LogP contribution in [-0.4, -0.2) is 50.2 Å². The molecular weight excluding hydrogens is 543 g/mol. The number of hydrogen-bond acceptors (Lipinski definition) is 5. The molecule has 0 spiro atoms. The van der Waals surface area contributed by atoms with Crippen molar-refractivity contribution in [3.05, 3.63) is 49.1 Å². The van der Waals surface area contributed by atoms with Crippen molar-refractivity contribution in [1.82, 2.24) is 0 Å². The van der Waals surface area contributed by atoms with Crippen LogP contribution in [0.2, 0.25) is 0 Å². The first-order valence-corrected chi connectivity index (χ1v) is 12.7. The lowest BCUT2D eigenvalue weighted by atomic mass is 10.1. The summed E-state index contributed by atoms with van der Waals surface area (Å²) >= 11 is 0. The first-order valence-electron chi connectivity index (χ1n) is 8.89. The molecule has 0 aromatic heterocycles. The van der Waals surface area contributed by atoms with Crippen molar-refractivity contribution in [2.24, 2.45) is 0 Å². The lowest BCUT2D eigenvalue weighted by Gasteiger charge is -2.36. The second-order valence-electron chi connectivity index (χ2n) is 7.15. The average Bonchev–Trinajstić information content (AvgIpc) is 2.71. The van der Waals surface area contributed by atoms with Crippen molar-refractivity contribution in [3.8, 4) is 5.75 Å². The molecule has 0 N–H and O–H groups in total. The number of ether oxygens (including phenoxy) is 1. The summed E-state index contributed by atoms with van der Waals surface area (Å²) in [5.41, 5.74) is 0. The van der Waals surface area contributed by atoms with Crippen LogP contribution in [0.5, 0.6) is 5.75 Å². The summed E-state index contributed by atoms with van der Waals surface area (Å²) in [6.45, 7) is 3.20. The van der Waals surface area contributed by atoms with E-state index in [-0.39, 0.29) is 21.4 Å². The first kappa shape index (κ1) is 28.8. The molecule has 0 aliphatic carbocycles. The molecule has 35 heavy (non-hydrogen) atoms. The Hall–Kier alpha value is -2.46. The average molecular weight is 558 g/mol. The lowest BCUT2D eigenvalue weighted by Crippen LogP contribution is -2.63. The highest BCUT2D eigenvalue weighted by molar-refractivity contribution is 8.32. The molecule has 0 unspecified atom stereocenters. The zero-order chi connectivity index (χ0) is 27.3. The van der Waals surface area contributed by atoms with Crippen LogP contribution in [0.15, 0.2) is 53.9 Å². The Bertz CT molecular complexity index is 1260. The predicted molar refractivity (Wildman–Crippen MR) is 108 cm³/mol. The van der Waals surface area contributed by atoms with E-state index in [2.05, 4.69) is 10.2 Å². The SMILES string of the molecule is C=CC(=O)Oc1ccc(S(C)(C)OS(=O)(=O)C(F)(F)C(F)(F)C(F)(F)C(F)(F)F)c2ccccc12. The van der Waals surface area contributed by atoms with Gasteiger partial charge in [0.05, 0.1) is 0 Å². The maximum Gasteiger partial charge on any atom is 0.460 e. The van der Waals surface area contributed by atoms with Gasteiger partial charge in [-0.2, -0.15) is 47.9 Å². The topological polar surface area (TPSA) is 69.7 Å². The Balaban J connectivity index is 2.60. The minimum absolute atomic E-state index is 0.0211. The Morgan fingerprint density at radius 3 is 1.86 bits per heavy atom. The molecule has 2 aromatic rings. The minimum Gasteiger partial charge on any atom is -0.423 e. The summed E-state index contributed by atoms with van der Waals surface area (Å²) in [6.07, 6.45) is -4.70. The van der Waals surface area contributed by atoms with E-state index < -0.39 is 49.7 Å². The van der Waals surface area contributed by atoms with Crippen molar-refractivity contribution < 1.29 is 61.1 Å². The molecule has 0 atom stereocenters. The van der Waals surface area contributed by atoms with Gasteiger partial charge in [0, 0.05) is 16.4 Å². The van der Waals surface area contributed by atoms with Crippen molar-refractivity contribution in [3.63, 3.8) is 0 Å². The van der Waals surface area contributed by atoms with Crippen LogP contribution >= 0.6 is 10.3 Å². The van der Waals surface area contributed by atoms with E-state index in [0.29, 0.717) is 0 Å². The van der Waals surface area contributed by atoms with Crippen LogP contribution in [0.3, 0.4) is 0 Å². The number of fused-ring (bicyclic) bond motifs is 1. The molecule has 0 fully saturated rings. The van der Waals surface area contributed by atoms with Gasteiger partial charge in [-0.3, -0.25) is 0 Å². The van der Waals surface area contributed by atoms with E-state index in [1.165, 1.54) is 24.3 Å². The summed E-state index contributed by atoms with van der Waals surface area (Å²) in [6, 6.07) is 7.55. The van der Waals surface area contributed by atoms with E-state index in [0.717, 1.165) is 30.7 Å². The molecule has 196 valence electrons. The Labute approximate surface area is 194 Å². The van der Waals surface area contributed by atoms with Gasteiger partial charge in [-0.1, -0.05) is 41.2 Å². The van der Waals surface area contributed by atoms with Crippen LogP contribution in [-0.2, 0) is 18.5 Å². The van der Waals surface area contributed by atoms with Gasteiger partial charge in [0.1, 0.15) is 5.75 Å². The zero-order valence-electron chi connectivity index (χ0n) is 17.5. The molecule has 0 saturated carbocycles. The zero-order valence-corrected chi connectivity index (χ0v) is 19.1. The van der Waals surface area contributed by atoms with E-state index in [1.54, 1.807) is 0 Å². The maximum atomic E-state index is 14.1. The Morgan fingerprint density at radius 2 is 1.37 bits per heavy atom. The number of hydrogen-bond donors (Lipinski definition) is 0. The fraction of sp³-hybridized carbons (Fsp3) is 0.316. The van der Waals surface area contributed by atoms with Crippen LogP contribution in [0.4, 0.5) is 39.5 Å². The first-order chi connectivity index (χ1) is 15.6. The predicted octanol–water partition coefficient (Wildman–Crippen LogP) is 6.04. The quantitative estimate of drug-likeness (QED) is 0.171. The minimum atomic E-state index is -7.42. The molecule has 16 heteroatoms. The van der Waals surface area contributed by atoms with E-state index in [1.807, 2.05) is 0 Å². The normalized spacial score (nSPS) is 14.6. The number of rotatable bonds is 8. The Kier molecular flexibility index (Phi) is 7.30. The smallest absolute Gasteiger partial charge is 0.423 e. The fourth-order valence-corrected chi connectivity index (χ4v) is 6.70. The maximum absolute atomic E-state index is 14.1. The number of carbonyl (C=O) groups is 1. The van der Waals surface area contributed by atoms with Gasteiger partial charge in [-0.05, 0) is 30.0 Å². The van der Waals surface area contributed by atoms with Crippen molar-refractivity contribution in [2.75, 3.05) is 12.5 Å². The highest BCUT2D eigenvalue weighted by Crippen LogP contribution is 2.60. The monoisotopic (exact) mass is 558 g/mol. The van der Waals surface area contributed by atoms with Crippen molar-refractivity contribution in [2.45, 2.75) is 28.2 Å². The standard InChI is InChI=1S/C19H15F9O5S2/c1-4-15(29)32-13-9-10-14(12-8-6-5-7-11(12)13)34(2,3)33-35(30,31)19(27,28)17(22,23)16(20,21)18(24,25)26/h4-10H,1H2,2-3H3. The van der Waals surface area contributed by atoms with Crippen LogP contribution in [0.25, 0.3) is 10.8 Å². The molecule has 0 amide bonds. The number of halogens is 9. The highest BCUT2D eigenvalue weighted by atomic mass is 32.3. The number of benzene rings is 2. The Morgan fingerprint density at radius 1 is 0.857 bits per heavy atom. The molecule has 0 saturated heterocycles. The fourth-order valence-electron chi connectivity index (χ4n) is 2.73. The van der Waals surface area contributed by atoms with Gasteiger partial charge in [0.2, 0.25) is 0 Å². The summed E-state index contributed by atoms with van der Waals surface area (Å²) in [4.78, 5) is 11.3. The third-order valence-corrected chi connectivity index (χ3v) is 8.82. The second kappa shape index (κ2) is 8.89. The molecule has 5 nitrogen and oxygen atoms in total. The van der Waals surface area contributed by atoms with Crippen LogP contribution in [0.1, 0.15) is 0 Å².